The number of sulfonamides is 1. The summed E-state index contributed by atoms with van der Waals surface area (Å²) in [5, 5.41) is 0.600. The molecule has 30 heavy (non-hydrogen) atoms. The quantitative estimate of drug-likeness (QED) is 0.650. The smallest absolute Gasteiger partial charge is 0.337 e. The number of carbonyl (C=O) groups is 1. The fourth-order valence-corrected chi connectivity index (χ4v) is 4.98. The van der Waals surface area contributed by atoms with Crippen LogP contribution in [0.1, 0.15) is 27.5 Å². The normalized spacial score (nSPS) is 16.2. The Morgan fingerprint density at radius 1 is 1.23 bits per heavy atom. The van der Waals surface area contributed by atoms with Gasteiger partial charge in [-0.2, -0.15) is 0 Å². The molecule has 162 valence electrons. The first-order valence-corrected chi connectivity index (χ1v) is 11.4. The first-order chi connectivity index (χ1) is 14.3. The molecule has 1 aliphatic rings. The van der Waals surface area contributed by atoms with Crippen LogP contribution in [0.25, 0.3) is 0 Å². The van der Waals surface area contributed by atoms with Gasteiger partial charge in [-0.05, 0) is 48.4 Å². The summed E-state index contributed by atoms with van der Waals surface area (Å²) in [6.45, 7) is 4.42. The van der Waals surface area contributed by atoms with E-state index >= 15 is 0 Å². The molecule has 9 heteroatoms. The van der Waals surface area contributed by atoms with E-state index in [2.05, 4.69) is 9.62 Å². The zero-order valence-electron chi connectivity index (χ0n) is 16.9. The number of hydrogen-bond donors (Lipinski definition) is 1. The van der Waals surface area contributed by atoms with Crippen LogP contribution < -0.4 is 4.72 Å². The van der Waals surface area contributed by atoms with Gasteiger partial charge < -0.3 is 9.47 Å². The molecule has 3 rings (SSSR count). The molecule has 1 atom stereocenters. The van der Waals surface area contributed by atoms with Gasteiger partial charge in [0, 0.05) is 30.7 Å². The number of carbonyl (C=O) groups excluding carboxylic acids is 1. The number of rotatable bonds is 7. The Bertz CT molecular complexity index is 1010. The Morgan fingerprint density at radius 2 is 1.97 bits per heavy atom. The number of halogens is 1. The van der Waals surface area contributed by atoms with Crippen molar-refractivity contribution in [1.82, 2.24) is 9.62 Å². The lowest BCUT2D eigenvalue weighted by atomic mass is 10.1. The van der Waals surface area contributed by atoms with Crippen molar-refractivity contribution in [3.8, 4) is 0 Å². The molecule has 1 N–H and O–H groups in total. The summed E-state index contributed by atoms with van der Waals surface area (Å²) in [6.07, 6.45) is 0. The molecule has 1 heterocycles. The number of morpholine rings is 1. The molecule has 1 saturated heterocycles. The summed E-state index contributed by atoms with van der Waals surface area (Å²) >= 11 is 6.17. The summed E-state index contributed by atoms with van der Waals surface area (Å²) in [6, 6.07) is 11.6. The van der Waals surface area contributed by atoms with E-state index in [1.165, 1.54) is 25.3 Å². The second-order valence-electron chi connectivity index (χ2n) is 7.04. The zero-order valence-corrected chi connectivity index (χ0v) is 18.5. The number of nitrogens with zero attached hydrogens (tertiary/aromatic N) is 1. The average Bonchev–Trinajstić information content (AvgIpc) is 2.74. The Kier molecular flexibility index (Phi) is 7.49. The van der Waals surface area contributed by atoms with E-state index in [9.17, 15) is 13.2 Å². The second-order valence-corrected chi connectivity index (χ2v) is 9.21. The van der Waals surface area contributed by atoms with Crippen molar-refractivity contribution in [3.05, 3.63) is 64.2 Å². The van der Waals surface area contributed by atoms with Gasteiger partial charge in [0.2, 0.25) is 10.0 Å². The zero-order chi connectivity index (χ0) is 21.7. The number of esters is 1. The van der Waals surface area contributed by atoms with Crippen molar-refractivity contribution in [3.63, 3.8) is 0 Å². The number of benzene rings is 2. The van der Waals surface area contributed by atoms with Crippen molar-refractivity contribution in [2.24, 2.45) is 0 Å². The molecular weight excluding hydrogens is 428 g/mol. The van der Waals surface area contributed by atoms with Crippen molar-refractivity contribution in [1.29, 1.82) is 0 Å². The van der Waals surface area contributed by atoms with Crippen molar-refractivity contribution < 1.29 is 22.7 Å². The van der Waals surface area contributed by atoms with Gasteiger partial charge in [-0.15, -0.1) is 0 Å². The molecule has 0 bridgehead atoms. The van der Waals surface area contributed by atoms with Gasteiger partial charge in [0.15, 0.2) is 0 Å². The Hall–Kier alpha value is -1.97. The average molecular weight is 453 g/mol. The molecule has 7 nitrogen and oxygen atoms in total. The van der Waals surface area contributed by atoms with Crippen LogP contribution in [-0.4, -0.2) is 59.2 Å². The molecule has 1 unspecified atom stereocenters. The monoisotopic (exact) mass is 452 g/mol. The largest absolute Gasteiger partial charge is 0.465 e. The van der Waals surface area contributed by atoms with E-state index in [0.29, 0.717) is 42.5 Å². The van der Waals surface area contributed by atoms with Crippen molar-refractivity contribution in [2.45, 2.75) is 17.9 Å². The minimum absolute atomic E-state index is 0.127. The van der Waals surface area contributed by atoms with Gasteiger partial charge in [0.25, 0.3) is 0 Å². The summed E-state index contributed by atoms with van der Waals surface area (Å²) in [5.41, 5.74) is 1.71. The van der Waals surface area contributed by atoms with Crippen LogP contribution in [0.3, 0.4) is 0 Å². The minimum atomic E-state index is -3.79. The Morgan fingerprint density at radius 3 is 2.60 bits per heavy atom. The van der Waals surface area contributed by atoms with Crippen LogP contribution in [0, 0.1) is 6.92 Å². The SMILES string of the molecule is COC(=O)c1ccc(S(=O)(=O)NCC(c2cccc(Cl)c2)N2CCOCC2)c(C)c1. The van der Waals surface area contributed by atoms with Crippen LogP contribution in [0.15, 0.2) is 47.4 Å². The highest BCUT2D eigenvalue weighted by atomic mass is 35.5. The summed E-state index contributed by atoms with van der Waals surface area (Å²) in [7, 11) is -2.50. The van der Waals surface area contributed by atoms with E-state index < -0.39 is 16.0 Å². The van der Waals surface area contributed by atoms with E-state index in [0.717, 1.165) is 5.56 Å². The van der Waals surface area contributed by atoms with Gasteiger partial charge in [0.1, 0.15) is 0 Å². The van der Waals surface area contributed by atoms with Crippen LogP contribution in [-0.2, 0) is 19.5 Å². The van der Waals surface area contributed by atoms with Crippen molar-refractivity contribution >= 4 is 27.6 Å². The maximum atomic E-state index is 13.0. The predicted octanol–water partition coefficient (Wildman–Crippen LogP) is 2.79. The van der Waals surface area contributed by atoms with E-state index in [-0.39, 0.29) is 17.5 Å². The molecule has 1 aliphatic heterocycles. The molecule has 1 fully saturated rings. The Balaban J connectivity index is 1.82. The van der Waals surface area contributed by atoms with Gasteiger partial charge >= 0.3 is 5.97 Å². The van der Waals surface area contributed by atoms with Gasteiger partial charge in [0.05, 0.1) is 30.8 Å². The number of aryl methyl sites for hydroxylation is 1. The van der Waals surface area contributed by atoms with Crippen LogP contribution >= 0.6 is 11.6 Å². The molecular formula is C21H25ClN2O5S. The number of nitrogens with one attached hydrogen (secondary N) is 1. The van der Waals surface area contributed by atoms with Crippen LogP contribution in [0.5, 0.6) is 0 Å². The topological polar surface area (TPSA) is 84.9 Å². The number of methoxy groups -OCH3 is 1. The highest BCUT2D eigenvalue weighted by molar-refractivity contribution is 7.89. The lowest BCUT2D eigenvalue weighted by molar-refractivity contribution is 0.0172. The van der Waals surface area contributed by atoms with E-state index in [4.69, 9.17) is 21.1 Å². The fourth-order valence-electron chi connectivity index (χ4n) is 3.52. The third kappa shape index (κ3) is 5.39. The highest BCUT2D eigenvalue weighted by Gasteiger charge is 2.26. The number of hydrogen-bond acceptors (Lipinski definition) is 6. The lowest BCUT2D eigenvalue weighted by Gasteiger charge is -2.35. The second kappa shape index (κ2) is 9.89. The summed E-state index contributed by atoms with van der Waals surface area (Å²) in [4.78, 5) is 14.0. The third-order valence-electron chi connectivity index (χ3n) is 5.07. The highest BCUT2D eigenvalue weighted by Crippen LogP contribution is 2.25. The van der Waals surface area contributed by atoms with Crippen LogP contribution in [0.2, 0.25) is 5.02 Å². The molecule has 0 radical (unpaired) electrons. The lowest BCUT2D eigenvalue weighted by Crippen LogP contribution is -2.43. The first kappa shape index (κ1) is 22.7. The predicted molar refractivity (Wildman–Crippen MR) is 114 cm³/mol. The Labute approximate surface area is 182 Å². The maximum Gasteiger partial charge on any atom is 0.337 e. The standard InChI is InChI=1S/C21H25ClN2O5S/c1-15-12-17(21(25)28-2)6-7-20(15)30(26,27)23-14-19(24-8-10-29-11-9-24)16-4-3-5-18(22)13-16/h3-7,12-13,19,23H,8-11,14H2,1-2H3. The molecule has 2 aromatic carbocycles. The molecule has 0 amide bonds. The maximum absolute atomic E-state index is 13.0. The third-order valence-corrected chi connectivity index (χ3v) is 6.89. The van der Waals surface area contributed by atoms with Crippen molar-refractivity contribution in [2.75, 3.05) is 40.0 Å². The van der Waals surface area contributed by atoms with Gasteiger partial charge in [-0.1, -0.05) is 23.7 Å². The van der Waals surface area contributed by atoms with Gasteiger partial charge in [-0.3, -0.25) is 4.90 Å². The molecule has 0 aliphatic carbocycles. The van der Waals surface area contributed by atoms with E-state index in [1.807, 2.05) is 18.2 Å². The summed E-state index contributed by atoms with van der Waals surface area (Å²) < 4.78 is 38.8. The molecule has 0 spiro atoms. The molecule has 0 saturated carbocycles. The molecule has 0 aromatic heterocycles. The van der Waals surface area contributed by atoms with Crippen LogP contribution in [0.4, 0.5) is 0 Å². The number of ether oxygens (including phenoxy) is 2. The first-order valence-electron chi connectivity index (χ1n) is 9.57. The fraction of sp³-hybridized carbons (Fsp3) is 0.381. The minimum Gasteiger partial charge on any atom is -0.465 e. The summed E-state index contributed by atoms with van der Waals surface area (Å²) in [5.74, 6) is -0.511. The van der Waals surface area contributed by atoms with Gasteiger partial charge in [-0.25, -0.2) is 17.9 Å². The van der Waals surface area contributed by atoms with E-state index in [1.54, 1.807) is 13.0 Å². The molecule has 2 aromatic rings.